The zero-order valence-corrected chi connectivity index (χ0v) is 4.89. The molecule has 0 aliphatic carbocycles. The Labute approximate surface area is 54.1 Å². The van der Waals surface area contributed by atoms with E-state index in [1.165, 1.54) is 6.20 Å². The lowest BCUT2D eigenvalue weighted by atomic mass is 9.99. The maximum atomic E-state index is 5.44. The summed E-state index contributed by atoms with van der Waals surface area (Å²) in [6.45, 7) is 0. The van der Waals surface area contributed by atoms with Crippen molar-refractivity contribution in [3.05, 3.63) is 23.5 Å². The molecule has 0 aliphatic heterocycles. The molecule has 0 atom stereocenters. The van der Waals surface area contributed by atoms with Crippen LogP contribution in [0.2, 0.25) is 5.15 Å². The van der Waals surface area contributed by atoms with Crippen LogP contribution in [-0.2, 0) is 0 Å². The zero-order chi connectivity index (χ0) is 5.98. The van der Waals surface area contributed by atoms with Crippen LogP contribution in [0.3, 0.4) is 0 Å². The van der Waals surface area contributed by atoms with Crippen molar-refractivity contribution in [3.8, 4) is 0 Å². The molecule has 0 unspecified atom stereocenters. The first-order chi connectivity index (χ1) is 3.79. The molecule has 0 N–H and O–H groups in total. The predicted molar refractivity (Wildman–Crippen MR) is 34.6 cm³/mol. The van der Waals surface area contributed by atoms with Gasteiger partial charge in [-0.15, -0.1) is 0 Å². The lowest BCUT2D eigenvalue weighted by Crippen LogP contribution is -2.00. The first-order valence-electron chi connectivity index (χ1n) is 2.16. The Morgan fingerprint density at radius 1 is 1.50 bits per heavy atom. The zero-order valence-electron chi connectivity index (χ0n) is 4.13. The molecule has 0 fully saturated rings. The van der Waals surface area contributed by atoms with E-state index < -0.39 is 0 Å². The number of hydrogen-bond acceptors (Lipinski definition) is 1. The molecule has 0 saturated heterocycles. The smallest absolute Gasteiger partial charge is 0.128 e. The van der Waals surface area contributed by atoms with E-state index in [2.05, 4.69) is 4.98 Å². The summed E-state index contributed by atoms with van der Waals surface area (Å²) in [4.78, 5) is 3.72. The Morgan fingerprint density at radius 2 is 2.25 bits per heavy atom. The number of nitrogens with zero attached hydrogens (tertiary/aromatic N) is 1. The molecule has 0 aromatic carbocycles. The van der Waals surface area contributed by atoms with Gasteiger partial charge in [-0.1, -0.05) is 23.1 Å². The van der Waals surface area contributed by atoms with Crippen LogP contribution in [0.4, 0.5) is 0 Å². The van der Waals surface area contributed by atoms with E-state index >= 15 is 0 Å². The third-order valence-corrected chi connectivity index (χ3v) is 0.974. The fourth-order valence-electron chi connectivity index (χ4n) is 0.387. The molecule has 0 amide bonds. The lowest BCUT2D eigenvalue weighted by Gasteiger charge is -1.87. The molecule has 1 nitrogen and oxygen atoms in total. The van der Waals surface area contributed by atoms with E-state index in [4.69, 9.17) is 19.4 Å². The Bertz CT molecular complexity index is 151. The molecule has 1 aromatic rings. The first-order valence-corrected chi connectivity index (χ1v) is 2.54. The van der Waals surface area contributed by atoms with Crippen molar-refractivity contribution >= 4 is 24.9 Å². The molecule has 38 valence electrons. The summed E-state index contributed by atoms with van der Waals surface area (Å²) in [5.41, 5.74) is 0.634. The number of hydrogen-bond donors (Lipinski definition) is 0. The van der Waals surface area contributed by atoms with Gasteiger partial charge >= 0.3 is 0 Å². The summed E-state index contributed by atoms with van der Waals surface area (Å²) in [5.74, 6) is 0. The first kappa shape index (κ1) is 5.64. The Balaban J connectivity index is 3.03. The topological polar surface area (TPSA) is 12.9 Å². The van der Waals surface area contributed by atoms with E-state index in [-0.39, 0.29) is 0 Å². The van der Waals surface area contributed by atoms with Crippen LogP contribution in [0.1, 0.15) is 0 Å². The van der Waals surface area contributed by atoms with Crippen molar-refractivity contribution in [2.45, 2.75) is 0 Å². The standard InChI is InChI=1S/C5H3BClN/c6-4-1-2-5(7)8-3-4/h1-3H. The minimum absolute atomic E-state index is 0.471. The van der Waals surface area contributed by atoms with Gasteiger partial charge in [-0.2, -0.15) is 0 Å². The highest BCUT2D eigenvalue weighted by Crippen LogP contribution is 1.96. The molecule has 8 heavy (non-hydrogen) atoms. The van der Waals surface area contributed by atoms with Crippen LogP contribution >= 0.6 is 11.6 Å². The van der Waals surface area contributed by atoms with E-state index in [1.54, 1.807) is 12.1 Å². The highest BCUT2D eigenvalue weighted by Gasteiger charge is 1.83. The normalized spacial score (nSPS) is 9.12. The Hall–Kier alpha value is -0.495. The maximum absolute atomic E-state index is 5.44. The quantitative estimate of drug-likeness (QED) is 0.362. The average molecular weight is 123 g/mol. The number of aromatic nitrogens is 1. The van der Waals surface area contributed by atoms with E-state index in [9.17, 15) is 0 Å². The highest BCUT2D eigenvalue weighted by atomic mass is 35.5. The van der Waals surface area contributed by atoms with Crippen molar-refractivity contribution in [1.29, 1.82) is 0 Å². The second kappa shape index (κ2) is 2.18. The molecule has 1 aromatic heterocycles. The van der Waals surface area contributed by atoms with Crippen LogP contribution in [-0.4, -0.2) is 12.8 Å². The van der Waals surface area contributed by atoms with Crippen molar-refractivity contribution in [3.63, 3.8) is 0 Å². The van der Waals surface area contributed by atoms with Gasteiger partial charge in [0, 0.05) is 6.20 Å². The van der Waals surface area contributed by atoms with Gasteiger partial charge in [0.15, 0.2) is 0 Å². The predicted octanol–water partition coefficient (Wildman–Crippen LogP) is 0.529. The second-order valence-corrected chi connectivity index (χ2v) is 1.80. The van der Waals surface area contributed by atoms with Crippen molar-refractivity contribution < 1.29 is 0 Å². The summed E-state index contributed by atoms with van der Waals surface area (Å²) in [7, 11) is 5.31. The molecule has 1 rings (SSSR count). The average Bonchev–Trinajstić information content (AvgIpc) is 1.77. The molecule has 0 saturated carbocycles. The summed E-state index contributed by atoms with van der Waals surface area (Å²) < 4.78 is 0. The van der Waals surface area contributed by atoms with E-state index in [0.29, 0.717) is 10.6 Å². The van der Waals surface area contributed by atoms with Crippen molar-refractivity contribution in [2.24, 2.45) is 0 Å². The van der Waals surface area contributed by atoms with Gasteiger partial charge in [-0.05, 0) is 6.07 Å². The van der Waals surface area contributed by atoms with Crippen LogP contribution in [0.15, 0.2) is 18.3 Å². The van der Waals surface area contributed by atoms with E-state index in [1.807, 2.05) is 0 Å². The van der Waals surface area contributed by atoms with E-state index in [0.717, 1.165) is 0 Å². The molecule has 0 aliphatic rings. The van der Waals surface area contributed by atoms with Crippen molar-refractivity contribution in [2.75, 3.05) is 0 Å². The summed E-state index contributed by atoms with van der Waals surface area (Å²) in [6.07, 6.45) is 1.52. The van der Waals surface area contributed by atoms with Crippen LogP contribution < -0.4 is 5.46 Å². The van der Waals surface area contributed by atoms with Crippen LogP contribution in [0.25, 0.3) is 0 Å². The Morgan fingerprint density at radius 3 is 2.62 bits per heavy atom. The maximum Gasteiger partial charge on any atom is 0.128 e. The van der Waals surface area contributed by atoms with Gasteiger partial charge in [0.25, 0.3) is 0 Å². The molecule has 0 bridgehead atoms. The molecule has 1 heterocycles. The monoisotopic (exact) mass is 123 g/mol. The van der Waals surface area contributed by atoms with Crippen LogP contribution in [0, 0.1) is 0 Å². The van der Waals surface area contributed by atoms with Gasteiger partial charge in [0.2, 0.25) is 0 Å². The Kier molecular flexibility index (Phi) is 1.54. The lowest BCUT2D eigenvalue weighted by molar-refractivity contribution is 1.35. The van der Waals surface area contributed by atoms with Crippen LogP contribution in [0.5, 0.6) is 0 Å². The van der Waals surface area contributed by atoms with Crippen molar-refractivity contribution in [1.82, 2.24) is 4.98 Å². The second-order valence-electron chi connectivity index (χ2n) is 1.41. The molecule has 3 heteroatoms. The largest absolute Gasteiger partial charge is 0.245 e. The minimum atomic E-state index is 0.471. The molecular formula is C5H3BClN. The van der Waals surface area contributed by atoms with Gasteiger partial charge in [0.05, 0.1) is 0 Å². The fourth-order valence-corrected chi connectivity index (χ4v) is 0.499. The van der Waals surface area contributed by atoms with Gasteiger partial charge < -0.3 is 0 Å². The number of pyridine rings is 1. The van der Waals surface area contributed by atoms with Gasteiger partial charge in [-0.3, -0.25) is 0 Å². The molecular weight excluding hydrogens is 120 g/mol. The summed E-state index contributed by atoms with van der Waals surface area (Å²) in [6, 6.07) is 3.35. The SMILES string of the molecule is [B]c1ccc(Cl)nc1. The van der Waals surface area contributed by atoms with Gasteiger partial charge in [-0.25, -0.2) is 4.98 Å². The highest BCUT2D eigenvalue weighted by molar-refractivity contribution is 6.33. The third-order valence-electron chi connectivity index (χ3n) is 0.750. The molecule has 0 spiro atoms. The molecule has 2 radical (unpaired) electrons. The number of halogens is 1. The minimum Gasteiger partial charge on any atom is -0.245 e. The summed E-state index contributed by atoms with van der Waals surface area (Å²) >= 11 is 5.44. The van der Waals surface area contributed by atoms with Gasteiger partial charge in [0.1, 0.15) is 13.0 Å². The number of rotatable bonds is 0. The third kappa shape index (κ3) is 1.24. The fraction of sp³-hybridized carbons (Fsp3) is 0. The summed E-state index contributed by atoms with van der Waals surface area (Å²) in [5, 5.41) is 0.471.